The Morgan fingerprint density at radius 3 is 2.38 bits per heavy atom. The summed E-state index contributed by atoms with van der Waals surface area (Å²) in [4.78, 5) is 13.6. The van der Waals surface area contributed by atoms with Crippen LogP contribution in [0.15, 0.2) is 24.0 Å². The van der Waals surface area contributed by atoms with Gasteiger partial charge in [0, 0.05) is 19.4 Å². The van der Waals surface area contributed by atoms with E-state index in [2.05, 4.69) is 18.5 Å². The molecule has 1 heterocycles. The highest BCUT2D eigenvalue weighted by molar-refractivity contribution is 5.79. The van der Waals surface area contributed by atoms with E-state index in [4.69, 9.17) is 5.11 Å². The van der Waals surface area contributed by atoms with Crippen LogP contribution in [-0.2, 0) is 4.79 Å². The molecule has 0 radical (unpaired) electrons. The third-order valence-electron chi connectivity index (χ3n) is 3.83. The number of Topliss-reactive ketones (excluding diaryl/α,β-unsaturated/α-hetero) is 1. The Bertz CT molecular complexity index is 356. The van der Waals surface area contributed by atoms with Crippen LogP contribution >= 0.6 is 0 Å². The highest BCUT2D eigenvalue weighted by Gasteiger charge is 2.32. The van der Waals surface area contributed by atoms with Crippen LogP contribution in [0.25, 0.3) is 0 Å². The van der Waals surface area contributed by atoms with Gasteiger partial charge in [0.15, 0.2) is 0 Å². The molecule has 2 rings (SSSR count). The standard InChI is InChI=1S/C10H17NO.C6H10O.C2H6/c1-11-5-4-8-6-10(12)3-2-9(8)7-11;1-5(2)4-6(3)7;1-2/h8-9H,2-7H2,1H3;4,7H,3H2,1-2H3;1-2H3. The number of carbonyl (C=O) groups excluding carboxylic acids is 1. The Hall–Kier alpha value is -1.09. The van der Waals surface area contributed by atoms with Gasteiger partial charge in [0.1, 0.15) is 11.5 Å². The normalized spacial score (nSPS) is 24.5. The van der Waals surface area contributed by atoms with Crippen molar-refractivity contribution in [1.29, 1.82) is 0 Å². The first-order chi connectivity index (χ1) is 9.88. The summed E-state index contributed by atoms with van der Waals surface area (Å²) < 4.78 is 0. The number of ketones is 1. The molecule has 3 nitrogen and oxygen atoms in total. The second-order valence-corrected chi connectivity index (χ2v) is 6.07. The number of aliphatic hydroxyl groups excluding tert-OH is 1. The maximum Gasteiger partial charge on any atom is 0.133 e. The summed E-state index contributed by atoms with van der Waals surface area (Å²) in [5, 5.41) is 8.45. The molecule has 2 atom stereocenters. The first-order valence-electron chi connectivity index (χ1n) is 8.11. The molecule has 2 aliphatic rings. The summed E-state index contributed by atoms with van der Waals surface area (Å²) in [5.74, 6) is 2.17. The maximum absolute atomic E-state index is 11.2. The van der Waals surface area contributed by atoms with Crippen LogP contribution in [0.1, 0.15) is 53.4 Å². The second-order valence-electron chi connectivity index (χ2n) is 6.07. The summed E-state index contributed by atoms with van der Waals surface area (Å²) in [7, 11) is 2.19. The molecule has 1 saturated heterocycles. The molecule has 1 saturated carbocycles. The topological polar surface area (TPSA) is 40.5 Å². The van der Waals surface area contributed by atoms with E-state index in [9.17, 15) is 4.79 Å². The summed E-state index contributed by atoms with van der Waals surface area (Å²) in [6.45, 7) is 13.5. The minimum atomic E-state index is 0.125. The van der Waals surface area contributed by atoms with Crippen molar-refractivity contribution in [3.05, 3.63) is 24.0 Å². The fraction of sp³-hybridized carbons (Fsp3) is 0.722. The Labute approximate surface area is 130 Å². The van der Waals surface area contributed by atoms with Gasteiger partial charge in [-0.25, -0.2) is 0 Å². The molecule has 122 valence electrons. The molecule has 0 spiro atoms. The fourth-order valence-corrected chi connectivity index (χ4v) is 2.93. The predicted molar refractivity (Wildman–Crippen MR) is 90.5 cm³/mol. The van der Waals surface area contributed by atoms with Gasteiger partial charge in [0.2, 0.25) is 0 Å². The number of carbonyl (C=O) groups is 1. The molecule has 0 aromatic heterocycles. The van der Waals surface area contributed by atoms with Crippen molar-refractivity contribution in [2.45, 2.75) is 53.4 Å². The van der Waals surface area contributed by atoms with E-state index in [1.165, 1.54) is 19.5 Å². The van der Waals surface area contributed by atoms with Gasteiger partial charge in [-0.15, -0.1) is 0 Å². The van der Waals surface area contributed by atoms with Crippen molar-refractivity contribution in [2.24, 2.45) is 11.8 Å². The molecule has 2 fully saturated rings. The van der Waals surface area contributed by atoms with Crippen LogP contribution in [-0.4, -0.2) is 35.9 Å². The maximum atomic E-state index is 11.2. The Kier molecular flexibility index (Phi) is 10.1. The van der Waals surface area contributed by atoms with Crippen LogP contribution in [0.4, 0.5) is 0 Å². The molecule has 3 heteroatoms. The third kappa shape index (κ3) is 8.71. The number of piperidine rings is 1. The number of aliphatic hydroxyl groups is 1. The minimum Gasteiger partial charge on any atom is -0.509 e. The molecule has 2 unspecified atom stereocenters. The van der Waals surface area contributed by atoms with E-state index in [1.54, 1.807) is 6.08 Å². The number of rotatable bonds is 1. The largest absolute Gasteiger partial charge is 0.509 e. The molecule has 1 aliphatic carbocycles. The number of nitrogens with zero attached hydrogens (tertiary/aromatic N) is 1. The molecular weight excluding hydrogens is 262 g/mol. The smallest absolute Gasteiger partial charge is 0.133 e. The van der Waals surface area contributed by atoms with Crippen molar-refractivity contribution < 1.29 is 9.90 Å². The molecule has 0 bridgehead atoms. The Balaban J connectivity index is 0.000000385. The van der Waals surface area contributed by atoms with Crippen LogP contribution in [0.3, 0.4) is 0 Å². The van der Waals surface area contributed by atoms with Crippen LogP contribution in [0.5, 0.6) is 0 Å². The lowest BCUT2D eigenvalue weighted by molar-refractivity contribution is -0.123. The van der Waals surface area contributed by atoms with Crippen LogP contribution < -0.4 is 0 Å². The second kappa shape index (κ2) is 10.6. The van der Waals surface area contributed by atoms with Gasteiger partial charge < -0.3 is 10.0 Å². The highest BCUT2D eigenvalue weighted by atomic mass is 16.3. The number of allylic oxidation sites excluding steroid dienone is 2. The monoisotopic (exact) mass is 295 g/mol. The zero-order valence-electron chi connectivity index (χ0n) is 14.5. The van der Waals surface area contributed by atoms with Gasteiger partial charge in [-0.3, -0.25) is 4.79 Å². The summed E-state index contributed by atoms with van der Waals surface area (Å²) >= 11 is 0. The SMILES string of the molecule is C=C(O)C=C(C)C.CC.CN1CCC2CC(=O)CCC2C1. The summed E-state index contributed by atoms with van der Waals surface area (Å²) in [6.07, 6.45) is 5.72. The lowest BCUT2D eigenvalue weighted by atomic mass is 9.75. The van der Waals surface area contributed by atoms with E-state index in [1.807, 2.05) is 27.7 Å². The summed E-state index contributed by atoms with van der Waals surface area (Å²) in [6, 6.07) is 0. The van der Waals surface area contributed by atoms with Crippen molar-refractivity contribution in [3.63, 3.8) is 0 Å². The van der Waals surface area contributed by atoms with Crippen LogP contribution in [0.2, 0.25) is 0 Å². The first-order valence-corrected chi connectivity index (χ1v) is 8.11. The van der Waals surface area contributed by atoms with Crippen molar-refractivity contribution in [2.75, 3.05) is 20.1 Å². The molecule has 0 aromatic carbocycles. The van der Waals surface area contributed by atoms with Crippen molar-refractivity contribution in [1.82, 2.24) is 4.90 Å². The molecule has 0 amide bonds. The predicted octanol–water partition coefficient (Wildman–Crippen LogP) is 4.36. The lowest BCUT2D eigenvalue weighted by Gasteiger charge is -2.39. The molecule has 1 N–H and O–H groups in total. The van der Waals surface area contributed by atoms with Gasteiger partial charge in [-0.2, -0.15) is 0 Å². The van der Waals surface area contributed by atoms with E-state index >= 15 is 0 Å². The number of hydrogen-bond acceptors (Lipinski definition) is 3. The molecule has 1 aliphatic heterocycles. The summed E-state index contributed by atoms with van der Waals surface area (Å²) in [5.41, 5.74) is 1.06. The van der Waals surface area contributed by atoms with E-state index in [0.717, 1.165) is 36.7 Å². The minimum absolute atomic E-state index is 0.125. The van der Waals surface area contributed by atoms with E-state index in [0.29, 0.717) is 5.78 Å². The number of fused-ring (bicyclic) bond motifs is 1. The average molecular weight is 295 g/mol. The fourth-order valence-electron chi connectivity index (χ4n) is 2.93. The average Bonchev–Trinajstić information content (AvgIpc) is 2.40. The van der Waals surface area contributed by atoms with Crippen LogP contribution in [0, 0.1) is 11.8 Å². The quantitative estimate of drug-likeness (QED) is 0.577. The van der Waals surface area contributed by atoms with E-state index in [-0.39, 0.29) is 5.76 Å². The molecule has 0 aromatic rings. The lowest BCUT2D eigenvalue weighted by Crippen LogP contribution is -2.41. The molecular formula is C18H33NO2. The van der Waals surface area contributed by atoms with Gasteiger partial charge in [0.05, 0.1) is 0 Å². The first kappa shape index (κ1) is 19.9. The third-order valence-corrected chi connectivity index (χ3v) is 3.83. The zero-order chi connectivity index (χ0) is 16.4. The van der Waals surface area contributed by atoms with Crippen molar-refractivity contribution in [3.8, 4) is 0 Å². The van der Waals surface area contributed by atoms with E-state index < -0.39 is 0 Å². The van der Waals surface area contributed by atoms with Gasteiger partial charge >= 0.3 is 0 Å². The zero-order valence-corrected chi connectivity index (χ0v) is 14.5. The van der Waals surface area contributed by atoms with Gasteiger partial charge in [-0.05, 0) is 58.2 Å². The highest BCUT2D eigenvalue weighted by Crippen LogP contribution is 2.33. The van der Waals surface area contributed by atoms with Gasteiger partial charge in [-0.1, -0.05) is 26.0 Å². The van der Waals surface area contributed by atoms with Crippen molar-refractivity contribution >= 4 is 5.78 Å². The number of hydrogen-bond donors (Lipinski definition) is 1. The Morgan fingerprint density at radius 1 is 1.29 bits per heavy atom. The van der Waals surface area contributed by atoms with Gasteiger partial charge in [0.25, 0.3) is 0 Å². The number of likely N-dealkylation sites (tertiary alicyclic amines) is 1. The Morgan fingerprint density at radius 2 is 1.90 bits per heavy atom. The molecule has 21 heavy (non-hydrogen) atoms.